The normalized spacial score (nSPS) is 12.4. The molecule has 1 rings (SSSR count). The molecule has 0 amide bonds. The highest BCUT2D eigenvalue weighted by Crippen LogP contribution is 2.17. The molecule has 0 saturated carbocycles. The van der Waals surface area contributed by atoms with Crippen LogP contribution in [0.2, 0.25) is 0 Å². The van der Waals surface area contributed by atoms with Gasteiger partial charge in [-0.05, 0) is 25.5 Å². The zero-order valence-corrected chi connectivity index (χ0v) is 14.5. The Morgan fingerprint density at radius 3 is 2.48 bits per heavy atom. The monoisotopic (exact) mass is 351 g/mol. The molecule has 136 valence electrons. The van der Waals surface area contributed by atoms with E-state index in [1.54, 1.807) is 0 Å². The van der Waals surface area contributed by atoms with Crippen LogP contribution in [0.25, 0.3) is 0 Å². The van der Waals surface area contributed by atoms with E-state index in [4.69, 9.17) is 20.9 Å². The molecule has 0 aliphatic rings. The lowest BCUT2D eigenvalue weighted by Gasteiger charge is -2.10. The summed E-state index contributed by atoms with van der Waals surface area (Å²) in [5, 5.41) is 0. The number of halogens is 1. The highest BCUT2D eigenvalue weighted by Gasteiger charge is 2.20. The highest BCUT2D eigenvalue weighted by molar-refractivity contribution is 6.19. The van der Waals surface area contributed by atoms with Crippen LogP contribution in [0.4, 0.5) is 4.39 Å². The Kier molecular flexibility index (Phi) is 7.58. The average molecular weight is 351 g/mol. The minimum absolute atomic E-state index is 0.0603. The number of nitrogens with zero attached hydrogens (tertiary/aromatic N) is 1. The van der Waals surface area contributed by atoms with Crippen molar-refractivity contribution >= 4 is 17.6 Å². The number of hydrogen-bond donors (Lipinski definition) is 2. The zero-order valence-electron chi connectivity index (χ0n) is 14.5. The third-order valence-corrected chi connectivity index (χ3v) is 3.17. The van der Waals surface area contributed by atoms with Crippen LogP contribution in [0.3, 0.4) is 0 Å². The second kappa shape index (κ2) is 9.41. The maximum Gasteiger partial charge on any atom is 0.344 e. The number of carbonyl (C=O) groups excluding carboxylic acids is 2. The third kappa shape index (κ3) is 5.59. The maximum atomic E-state index is 13.9. The summed E-state index contributed by atoms with van der Waals surface area (Å²) in [7, 11) is 1.38. The molecule has 1 aromatic rings. The van der Waals surface area contributed by atoms with E-state index < -0.39 is 24.2 Å². The van der Waals surface area contributed by atoms with Crippen molar-refractivity contribution in [1.29, 1.82) is 0 Å². The average Bonchev–Trinajstić information content (AvgIpc) is 2.57. The minimum atomic E-state index is -0.889. The van der Waals surface area contributed by atoms with Gasteiger partial charge >= 0.3 is 5.97 Å². The molecule has 0 heterocycles. The number of methoxy groups -OCH3 is 1. The van der Waals surface area contributed by atoms with Crippen LogP contribution in [0.5, 0.6) is 5.75 Å². The molecule has 1 aromatic carbocycles. The first-order valence-electron chi connectivity index (χ1n) is 7.62. The van der Waals surface area contributed by atoms with Crippen molar-refractivity contribution in [2.45, 2.75) is 20.3 Å². The molecule has 0 saturated heterocycles. The summed E-state index contributed by atoms with van der Waals surface area (Å²) in [6, 6.07) is 3.76. The lowest BCUT2D eigenvalue weighted by atomic mass is 10.1. The summed E-state index contributed by atoms with van der Waals surface area (Å²) in [6.07, 6.45) is 0.738. The minimum Gasteiger partial charge on any atom is -0.497 e. The van der Waals surface area contributed by atoms with E-state index in [0.717, 1.165) is 12.5 Å². The topological polar surface area (TPSA) is 117 Å². The largest absolute Gasteiger partial charge is 0.497 e. The first kappa shape index (κ1) is 20.1. The molecule has 0 atom stereocenters. The van der Waals surface area contributed by atoms with E-state index in [1.165, 1.54) is 26.2 Å². The number of allylic oxidation sites excluding steroid dienone is 1. The van der Waals surface area contributed by atoms with Crippen molar-refractivity contribution in [3.63, 3.8) is 0 Å². The molecule has 0 radical (unpaired) electrons. The van der Waals surface area contributed by atoms with Gasteiger partial charge in [0, 0.05) is 18.3 Å². The van der Waals surface area contributed by atoms with Gasteiger partial charge in [-0.2, -0.15) is 0 Å². The van der Waals surface area contributed by atoms with Gasteiger partial charge in [-0.25, -0.2) is 9.18 Å². The van der Waals surface area contributed by atoms with Gasteiger partial charge in [0.1, 0.15) is 23.0 Å². The molecule has 8 heteroatoms. The molecule has 0 fully saturated rings. The summed E-state index contributed by atoms with van der Waals surface area (Å²) in [5.41, 5.74) is 11.2. The van der Waals surface area contributed by atoms with Gasteiger partial charge in [-0.15, -0.1) is 0 Å². The fourth-order valence-electron chi connectivity index (χ4n) is 1.91. The number of Topliss-reactive ketones (excluding diaryl/α,β-unsaturated/α-hetero) is 1. The van der Waals surface area contributed by atoms with Crippen LogP contribution in [0.15, 0.2) is 34.5 Å². The van der Waals surface area contributed by atoms with Crippen LogP contribution >= 0.6 is 0 Å². The molecular weight excluding hydrogens is 329 g/mol. The number of hydrogen-bond acceptors (Lipinski definition) is 6. The summed E-state index contributed by atoms with van der Waals surface area (Å²) in [6.45, 7) is 3.14. The molecule has 0 aliphatic carbocycles. The number of carbonyl (C=O) groups is 2. The van der Waals surface area contributed by atoms with Crippen LogP contribution in [0.1, 0.15) is 30.6 Å². The van der Waals surface area contributed by atoms with Gasteiger partial charge in [-0.3, -0.25) is 9.79 Å². The molecule has 4 N–H and O–H groups in total. The number of nitrogens with two attached hydrogens (primary N) is 2. The number of ether oxygens (including phenoxy) is 2. The van der Waals surface area contributed by atoms with Gasteiger partial charge in [-0.1, -0.05) is 6.92 Å². The molecular formula is C17H22FN3O4. The predicted octanol–water partition coefficient (Wildman–Crippen LogP) is 1.56. The summed E-state index contributed by atoms with van der Waals surface area (Å²) in [4.78, 5) is 28.2. The SMILES string of the molecule is CCCN=C(N)/C(C(=O)OCC(=O)c1ccc(OC)cc1F)=C(/C)N. The zero-order chi connectivity index (χ0) is 19.0. The lowest BCUT2D eigenvalue weighted by molar-refractivity contribution is -0.137. The second-order valence-corrected chi connectivity index (χ2v) is 5.17. The Morgan fingerprint density at radius 1 is 1.28 bits per heavy atom. The quantitative estimate of drug-likeness (QED) is 0.241. The van der Waals surface area contributed by atoms with E-state index >= 15 is 0 Å². The molecule has 0 unspecified atom stereocenters. The number of ketones is 1. The number of amidine groups is 1. The Balaban J connectivity index is 2.83. The smallest absolute Gasteiger partial charge is 0.344 e. The first-order chi connectivity index (χ1) is 11.8. The fourth-order valence-corrected chi connectivity index (χ4v) is 1.91. The van der Waals surface area contributed by atoms with Crippen molar-refractivity contribution in [2.24, 2.45) is 16.5 Å². The van der Waals surface area contributed by atoms with Crippen LogP contribution < -0.4 is 16.2 Å². The number of benzene rings is 1. The van der Waals surface area contributed by atoms with Crippen molar-refractivity contribution in [1.82, 2.24) is 0 Å². The Morgan fingerprint density at radius 2 is 1.96 bits per heavy atom. The van der Waals surface area contributed by atoms with E-state index in [9.17, 15) is 14.0 Å². The molecule has 0 aromatic heterocycles. The third-order valence-electron chi connectivity index (χ3n) is 3.17. The molecule has 25 heavy (non-hydrogen) atoms. The summed E-state index contributed by atoms with van der Waals surface area (Å²) < 4.78 is 23.6. The standard InChI is InChI=1S/C17H22FN3O4/c1-4-7-21-16(20)15(10(2)19)17(23)25-9-14(22)12-6-5-11(24-3)8-13(12)18/h5-6,8H,4,7,9,19H2,1-3H3,(H2,20,21)/b15-10+. The van der Waals surface area contributed by atoms with E-state index in [1.807, 2.05) is 6.92 Å². The predicted molar refractivity (Wildman–Crippen MR) is 91.9 cm³/mol. The summed E-state index contributed by atoms with van der Waals surface area (Å²) in [5.74, 6) is -2.15. The van der Waals surface area contributed by atoms with Gasteiger partial charge in [0.15, 0.2) is 6.61 Å². The van der Waals surface area contributed by atoms with Gasteiger partial charge in [0.2, 0.25) is 5.78 Å². The van der Waals surface area contributed by atoms with Gasteiger partial charge in [0.05, 0.1) is 12.7 Å². The van der Waals surface area contributed by atoms with E-state index in [2.05, 4.69) is 4.99 Å². The molecule has 0 aliphatic heterocycles. The fraction of sp³-hybridized carbons (Fsp3) is 0.353. The molecule has 7 nitrogen and oxygen atoms in total. The van der Waals surface area contributed by atoms with Gasteiger partial charge < -0.3 is 20.9 Å². The van der Waals surface area contributed by atoms with E-state index in [-0.39, 0.29) is 28.4 Å². The Labute approximate surface area is 145 Å². The number of rotatable bonds is 8. The van der Waals surface area contributed by atoms with Crippen LogP contribution in [0, 0.1) is 5.82 Å². The Hall–Kier alpha value is -2.90. The van der Waals surface area contributed by atoms with Crippen LogP contribution in [-0.4, -0.2) is 37.8 Å². The highest BCUT2D eigenvalue weighted by atomic mass is 19.1. The van der Waals surface area contributed by atoms with Crippen LogP contribution in [-0.2, 0) is 9.53 Å². The maximum absolute atomic E-state index is 13.9. The van der Waals surface area contributed by atoms with Crippen molar-refractivity contribution < 1.29 is 23.5 Å². The molecule has 0 bridgehead atoms. The van der Waals surface area contributed by atoms with Crippen molar-refractivity contribution in [3.05, 3.63) is 40.8 Å². The van der Waals surface area contributed by atoms with E-state index in [0.29, 0.717) is 6.54 Å². The lowest BCUT2D eigenvalue weighted by Crippen LogP contribution is -2.28. The molecule has 0 spiro atoms. The second-order valence-electron chi connectivity index (χ2n) is 5.17. The first-order valence-corrected chi connectivity index (χ1v) is 7.62. The van der Waals surface area contributed by atoms with Crippen molar-refractivity contribution in [2.75, 3.05) is 20.3 Å². The number of aliphatic imine (C=N–C) groups is 1. The Bertz CT molecular complexity index is 710. The number of esters is 1. The summed E-state index contributed by atoms with van der Waals surface area (Å²) >= 11 is 0. The van der Waals surface area contributed by atoms with Crippen molar-refractivity contribution in [3.8, 4) is 5.75 Å². The van der Waals surface area contributed by atoms with Gasteiger partial charge in [0.25, 0.3) is 0 Å².